The Labute approximate surface area is 125 Å². The van der Waals surface area contributed by atoms with Crippen LogP contribution >= 0.6 is 0 Å². The lowest BCUT2D eigenvalue weighted by atomic mass is 9.99. The Balaban J connectivity index is 2.06. The van der Waals surface area contributed by atoms with Crippen molar-refractivity contribution in [3.05, 3.63) is 90.0 Å². The Kier molecular flexibility index (Phi) is 3.71. The van der Waals surface area contributed by atoms with Crippen molar-refractivity contribution in [2.75, 3.05) is 5.73 Å². The summed E-state index contributed by atoms with van der Waals surface area (Å²) in [4.78, 5) is 0. The zero-order valence-electron chi connectivity index (χ0n) is 11.6. The maximum Gasteiger partial charge on any atom is 0.0329 e. The van der Waals surface area contributed by atoms with Gasteiger partial charge in [-0.25, -0.2) is 0 Å². The fraction of sp³-hybridized carbons (Fsp3) is 0. The molecule has 3 rings (SSSR count). The highest BCUT2D eigenvalue weighted by molar-refractivity contribution is 5.74. The molecule has 21 heavy (non-hydrogen) atoms. The normalized spacial score (nSPS) is 9.71. The van der Waals surface area contributed by atoms with Crippen molar-refractivity contribution < 1.29 is 0 Å². The van der Waals surface area contributed by atoms with Crippen LogP contribution in [0, 0.1) is 11.8 Å². The van der Waals surface area contributed by atoms with Gasteiger partial charge in [-0.15, -0.1) is 0 Å². The summed E-state index contributed by atoms with van der Waals surface area (Å²) in [5.41, 5.74) is 10.9. The molecule has 1 nitrogen and oxygen atoms in total. The van der Waals surface area contributed by atoms with E-state index < -0.39 is 0 Å². The van der Waals surface area contributed by atoms with Gasteiger partial charge in [-0.3, -0.25) is 0 Å². The van der Waals surface area contributed by atoms with E-state index >= 15 is 0 Å². The number of rotatable bonds is 1. The molecule has 0 aromatic heterocycles. The molecular formula is C20H15N. The fourth-order valence-corrected chi connectivity index (χ4v) is 2.19. The SMILES string of the molecule is Nc1ccc(C#Cc2ccccc2)c(-c2ccccc2)c1. The second-order valence-corrected chi connectivity index (χ2v) is 4.79. The zero-order valence-corrected chi connectivity index (χ0v) is 11.6. The van der Waals surface area contributed by atoms with E-state index in [1.165, 1.54) is 0 Å². The van der Waals surface area contributed by atoms with Gasteiger partial charge in [0.1, 0.15) is 0 Å². The van der Waals surface area contributed by atoms with Gasteiger partial charge in [0.2, 0.25) is 0 Å². The van der Waals surface area contributed by atoms with E-state index in [0.29, 0.717) is 0 Å². The first kappa shape index (κ1) is 13.0. The lowest BCUT2D eigenvalue weighted by Gasteiger charge is -2.06. The molecule has 0 atom stereocenters. The van der Waals surface area contributed by atoms with E-state index in [1.807, 2.05) is 66.7 Å². The number of benzene rings is 3. The maximum absolute atomic E-state index is 5.92. The molecule has 0 aliphatic heterocycles. The number of nitrogen functional groups attached to an aromatic ring is 1. The van der Waals surface area contributed by atoms with Gasteiger partial charge >= 0.3 is 0 Å². The smallest absolute Gasteiger partial charge is 0.0329 e. The molecule has 0 radical (unpaired) electrons. The quantitative estimate of drug-likeness (QED) is 0.516. The first-order chi connectivity index (χ1) is 10.3. The second kappa shape index (κ2) is 5.98. The average Bonchev–Trinajstić information content (AvgIpc) is 2.55. The minimum Gasteiger partial charge on any atom is -0.399 e. The summed E-state index contributed by atoms with van der Waals surface area (Å²) in [6.45, 7) is 0. The van der Waals surface area contributed by atoms with Crippen LogP contribution in [0.2, 0.25) is 0 Å². The molecule has 0 unspecified atom stereocenters. The van der Waals surface area contributed by atoms with Crippen LogP contribution in [0.4, 0.5) is 5.69 Å². The van der Waals surface area contributed by atoms with E-state index in [9.17, 15) is 0 Å². The molecule has 0 amide bonds. The van der Waals surface area contributed by atoms with Crippen LogP contribution in [0.3, 0.4) is 0 Å². The van der Waals surface area contributed by atoms with Gasteiger partial charge in [0, 0.05) is 16.8 Å². The zero-order chi connectivity index (χ0) is 14.5. The van der Waals surface area contributed by atoms with Gasteiger partial charge in [0.05, 0.1) is 0 Å². The molecular weight excluding hydrogens is 254 g/mol. The molecule has 0 heterocycles. The number of hydrogen-bond donors (Lipinski definition) is 1. The molecule has 0 aliphatic rings. The van der Waals surface area contributed by atoms with E-state index in [2.05, 4.69) is 24.0 Å². The molecule has 3 aromatic rings. The third-order valence-electron chi connectivity index (χ3n) is 3.24. The maximum atomic E-state index is 5.92. The van der Waals surface area contributed by atoms with E-state index in [0.717, 1.165) is 27.9 Å². The molecule has 0 spiro atoms. The minimum absolute atomic E-state index is 0.749. The van der Waals surface area contributed by atoms with Crippen molar-refractivity contribution in [3.63, 3.8) is 0 Å². The van der Waals surface area contributed by atoms with Gasteiger partial charge < -0.3 is 5.73 Å². The number of nitrogens with two attached hydrogens (primary N) is 1. The van der Waals surface area contributed by atoms with E-state index in [4.69, 9.17) is 5.73 Å². The standard InChI is InChI=1S/C20H15N/c21-19-14-13-18(12-11-16-7-3-1-4-8-16)20(15-19)17-9-5-2-6-10-17/h1-10,13-15H,21H2. The third-order valence-corrected chi connectivity index (χ3v) is 3.24. The molecule has 0 bridgehead atoms. The Bertz CT molecular complexity index is 793. The van der Waals surface area contributed by atoms with Crippen LogP contribution in [0.1, 0.15) is 11.1 Å². The predicted molar refractivity (Wildman–Crippen MR) is 88.7 cm³/mol. The van der Waals surface area contributed by atoms with Crippen LogP contribution in [-0.4, -0.2) is 0 Å². The topological polar surface area (TPSA) is 26.0 Å². The summed E-state index contributed by atoms with van der Waals surface area (Å²) >= 11 is 0. The highest BCUT2D eigenvalue weighted by Gasteiger charge is 2.03. The minimum atomic E-state index is 0.749. The van der Waals surface area contributed by atoms with Crippen LogP contribution in [0.25, 0.3) is 11.1 Å². The lowest BCUT2D eigenvalue weighted by molar-refractivity contribution is 1.57. The monoisotopic (exact) mass is 269 g/mol. The van der Waals surface area contributed by atoms with Crippen LogP contribution in [0.5, 0.6) is 0 Å². The first-order valence-corrected chi connectivity index (χ1v) is 6.85. The lowest BCUT2D eigenvalue weighted by Crippen LogP contribution is -1.89. The molecule has 0 fully saturated rings. The molecule has 2 N–H and O–H groups in total. The summed E-state index contributed by atoms with van der Waals surface area (Å²) in [5, 5.41) is 0. The Morgan fingerprint density at radius 1 is 0.667 bits per heavy atom. The van der Waals surface area contributed by atoms with Crippen molar-refractivity contribution in [1.82, 2.24) is 0 Å². The van der Waals surface area contributed by atoms with Gasteiger partial charge in [-0.05, 0) is 41.5 Å². The highest BCUT2D eigenvalue weighted by atomic mass is 14.5. The summed E-state index contributed by atoms with van der Waals surface area (Å²) in [7, 11) is 0. The molecule has 1 heteroatoms. The number of anilines is 1. The van der Waals surface area contributed by atoms with Crippen molar-refractivity contribution in [1.29, 1.82) is 0 Å². The largest absolute Gasteiger partial charge is 0.399 e. The van der Waals surface area contributed by atoms with E-state index in [-0.39, 0.29) is 0 Å². The van der Waals surface area contributed by atoms with Crippen LogP contribution < -0.4 is 5.73 Å². The Morgan fingerprint density at radius 2 is 1.33 bits per heavy atom. The van der Waals surface area contributed by atoms with Gasteiger partial charge in [0.25, 0.3) is 0 Å². The molecule has 0 saturated carbocycles. The van der Waals surface area contributed by atoms with Crippen LogP contribution in [-0.2, 0) is 0 Å². The molecule has 0 aliphatic carbocycles. The summed E-state index contributed by atoms with van der Waals surface area (Å²) < 4.78 is 0. The van der Waals surface area contributed by atoms with E-state index in [1.54, 1.807) is 0 Å². The Hall–Kier alpha value is -2.98. The highest BCUT2D eigenvalue weighted by Crippen LogP contribution is 2.25. The fourth-order valence-electron chi connectivity index (χ4n) is 2.19. The van der Waals surface area contributed by atoms with Crippen molar-refractivity contribution in [2.24, 2.45) is 0 Å². The van der Waals surface area contributed by atoms with Crippen molar-refractivity contribution in [3.8, 4) is 23.0 Å². The van der Waals surface area contributed by atoms with Gasteiger partial charge in [-0.2, -0.15) is 0 Å². The molecule has 100 valence electrons. The third kappa shape index (κ3) is 3.13. The molecule has 3 aromatic carbocycles. The van der Waals surface area contributed by atoms with Crippen molar-refractivity contribution in [2.45, 2.75) is 0 Å². The number of hydrogen-bond acceptors (Lipinski definition) is 1. The summed E-state index contributed by atoms with van der Waals surface area (Å²) in [6.07, 6.45) is 0. The summed E-state index contributed by atoms with van der Waals surface area (Å²) in [6, 6.07) is 26.0. The summed E-state index contributed by atoms with van der Waals surface area (Å²) in [5.74, 6) is 6.45. The molecule has 0 saturated heterocycles. The Morgan fingerprint density at radius 3 is 2.05 bits per heavy atom. The van der Waals surface area contributed by atoms with Crippen molar-refractivity contribution >= 4 is 5.69 Å². The van der Waals surface area contributed by atoms with Gasteiger partial charge in [0.15, 0.2) is 0 Å². The van der Waals surface area contributed by atoms with Gasteiger partial charge in [-0.1, -0.05) is 60.4 Å². The first-order valence-electron chi connectivity index (χ1n) is 6.85. The second-order valence-electron chi connectivity index (χ2n) is 4.79. The van der Waals surface area contributed by atoms with Crippen LogP contribution in [0.15, 0.2) is 78.9 Å². The predicted octanol–water partition coefficient (Wildman–Crippen LogP) is 4.34. The average molecular weight is 269 g/mol.